The summed E-state index contributed by atoms with van der Waals surface area (Å²) in [4.78, 5) is 36.8. The molecule has 10 nitrogen and oxygen atoms in total. The van der Waals surface area contributed by atoms with Gasteiger partial charge in [-0.3, -0.25) is 9.59 Å². The highest BCUT2D eigenvalue weighted by atomic mass is 19.4. The van der Waals surface area contributed by atoms with E-state index in [-0.39, 0.29) is 42.7 Å². The van der Waals surface area contributed by atoms with Crippen molar-refractivity contribution in [3.05, 3.63) is 39.9 Å². The van der Waals surface area contributed by atoms with Crippen molar-refractivity contribution in [1.29, 1.82) is 0 Å². The van der Waals surface area contributed by atoms with Gasteiger partial charge in [-0.15, -0.1) is 0 Å². The lowest BCUT2D eigenvalue weighted by Gasteiger charge is -2.35. The maximum Gasteiger partial charge on any atom is 0.421 e. The zero-order valence-corrected chi connectivity index (χ0v) is 19.4. The highest BCUT2D eigenvalue weighted by Gasteiger charge is 2.37. The van der Waals surface area contributed by atoms with Gasteiger partial charge in [0.15, 0.2) is 0 Å². The zero-order valence-electron chi connectivity index (χ0n) is 19.4. The quantitative estimate of drug-likeness (QED) is 0.555. The largest absolute Gasteiger partial charge is 0.421 e. The molecule has 0 saturated carbocycles. The molecular weight excluding hydrogens is 510 g/mol. The maximum absolute atomic E-state index is 13.2. The number of rotatable bonds is 5. The predicted octanol–water partition coefficient (Wildman–Crippen LogP) is 1.63. The van der Waals surface area contributed by atoms with E-state index in [1.807, 2.05) is 5.10 Å². The third-order valence-corrected chi connectivity index (χ3v) is 6.41. The van der Waals surface area contributed by atoms with Crippen molar-refractivity contribution in [3.63, 3.8) is 0 Å². The molecule has 2 atom stereocenters. The van der Waals surface area contributed by atoms with E-state index in [1.54, 1.807) is 14.7 Å². The summed E-state index contributed by atoms with van der Waals surface area (Å²) < 4.78 is 77.6. The average molecular weight is 534 g/mol. The van der Waals surface area contributed by atoms with Crippen molar-refractivity contribution in [3.8, 4) is 0 Å². The number of aromatic nitrogens is 4. The molecule has 1 amide bonds. The van der Waals surface area contributed by atoms with Crippen LogP contribution in [0.2, 0.25) is 0 Å². The van der Waals surface area contributed by atoms with E-state index in [0.717, 1.165) is 0 Å². The van der Waals surface area contributed by atoms with Crippen LogP contribution in [0.25, 0.3) is 0 Å². The van der Waals surface area contributed by atoms with Gasteiger partial charge in [0.1, 0.15) is 11.4 Å². The monoisotopic (exact) mass is 534 g/mol. The number of alkyl halides is 6. The molecule has 0 unspecified atom stereocenters. The van der Waals surface area contributed by atoms with Crippen molar-refractivity contribution >= 4 is 17.7 Å². The predicted molar refractivity (Wildman–Crippen MR) is 119 cm³/mol. The van der Waals surface area contributed by atoms with Gasteiger partial charge in [-0.2, -0.15) is 31.4 Å². The highest BCUT2D eigenvalue weighted by Crippen LogP contribution is 2.31. The average Bonchev–Trinajstić information content (AvgIpc) is 3.22. The molecule has 0 bridgehead atoms. The number of piperazine rings is 1. The van der Waals surface area contributed by atoms with E-state index in [2.05, 4.69) is 15.1 Å². The summed E-state index contributed by atoms with van der Waals surface area (Å²) in [5, 5.41) is 5.63. The fourth-order valence-electron chi connectivity index (χ4n) is 4.50. The second kappa shape index (κ2) is 10.1. The molecule has 4 heterocycles. The minimum atomic E-state index is -4.84. The van der Waals surface area contributed by atoms with Crippen LogP contribution in [0.1, 0.15) is 30.4 Å². The Bertz CT molecular complexity index is 1160. The van der Waals surface area contributed by atoms with Crippen molar-refractivity contribution in [2.24, 2.45) is 5.73 Å². The first-order valence-corrected chi connectivity index (χ1v) is 11.4. The summed E-state index contributed by atoms with van der Waals surface area (Å²) in [6, 6.07) is 0.00420. The topological polar surface area (TPSA) is 124 Å². The Hall–Kier alpha value is -3.43. The molecule has 202 valence electrons. The first-order valence-electron chi connectivity index (χ1n) is 11.4. The number of carbonyl (C=O) groups is 1. The van der Waals surface area contributed by atoms with Gasteiger partial charge in [-0.25, -0.2) is 15.1 Å². The Morgan fingerprint density at radius 2 is 1.70 bits per heavy atom. The fourth-order valence-corrected chi connectivity index (χ4v) is 4.50. The van der Waals surface area contributed by atoms with Crippen LogP contribution in [0.15, 0.2) is 23.3 Å². The van der Waals surface area contributed by atoms with Crippen LogP contribution in [-0.4, -0.2) is 75.8 Å². The minimum absolute atomic E-state index is 0.0671. The summed E-state index contributed by atoms with van der Waals surface area (Å²) in [7, 11) is 0. The SMILES string of the molecule is N[C@@H]1C[C@@H](CCC(=O)N2CCN(c3ncc(C(F)(F)F)cn3)CC2)N(c2cc(C(F)(F)F)c(=O)[nH]n2)C1. The molecule has 2 fully saturated rings. The van der Waals surface area contributed by atoms with Gasteiger partial charge in [-0.05, 0) is 12.8 Å². The number of H-pyrrole nitrogens is 1. The lowest BCUT2D eigenvalue weighted by atomic mass is 10.1. The van der Waals surface area contributed by atoms with Crippen LogP contribution in [0, 0.1) is 0 Å². The van der Waals surface area contributed by atoms with Crippen LogP contribution < -0.4 is 21.1 Å². The van der Waals surface area contributed by atoms with E-state index in [0.29, 0.717) is 57.5 Å². The number of nitrogens with two attached hydrogens (primary N) is 1. The third kappa shape index (κ3) is 6.11. The molecule has 16 heteroatoms. The number of nitrogens with one attached hydrogen (secondary N) is 1. The van der Waals surface area contributed by atoms with E-state index < -0.39 is 29.0 Å². The molecule has 2 aliphatic rings. The standard InChI is InChI=1S/C21H24F6N8O2/c22-20(23,24)12-9-29-19(30-10-12)34-5-3-33(4-6-34)17(36)2-1-14-7-13(28)11-35(14)16-8-15(21(25,26)27)18(37)32-31-16/h8-10,13-14H,1-7,11,28H2,(H,32,37)/t13-,14-/m1/s1. The molecule has 37 heavy (non-hydrogen) atoms. The molecule has 2 aromatic heterocycles. The highest BCUT2D eigenvalue weighted by molar-refractivity contribution is 5.76. The normalized spacial score (nSPS) is 21.0. The number of carbonyl (C=O) groups excluding carboxylic acids is 1. The maximum atomic E-state index is 13.2. The van der Waals surface area contributed by atoms with E-state index in [4.69, 9.17) is 5.73 Å². The molecule has 3 N–H and O–H groups in total. The van der Waals surface area contributed by atoms with Crippen LogP contribution >= 0.6 is 0 Å². The molecule has 2 aromatic rings. The van der Waals surface area contributed by atoms with E-state index in [1.165, 1.54) is 0 Å². The Morgan fingerprint density at radius 3 is 2.30 bits per heavy atom. The minimum Gasteiger partial charge on any atom is -0.351 e. The van der Waals surface area contributed by atoms with Gasteiger partial charge >= 0.3 is 12.4 Å². The van der Waals surface area contributed by atoms with Gasteiger partial charge in [0, 0.05) is 69.7 Å². The third-order valence-electron chi connectivity index (χ3n) is 6.41. The van der Waals surface area contributed by atoms with Gasteiger partial charge in [0.2, 0.25) is 11.9 Å². The van der Waals surface area contributed by atoms with Crippen LogP contribution in [0.3, 0.4) is 0 Å². The summed E-state index contributed by atoms with van der Waals surface area (Å²) in [5.74, 6) is -0.0939. The van der Waals surface area contributed by atoms with Gasteiger partial charge in [0.25, 0.3) is 5.56 Å². The Labute approximate surface area is 206 Å². The van der Waals surface area contributed by atoms with Gasteiger partial charge in [-0.1, -0.05) is 0 Å². The Balaban J connectivity index is 1.33. The molecule has 4 rings (SSSR count). The summed E-state index contributed by atoms with van der Waals surface area (Å²) in [6.07, 6.45) is -7.08. The number of aromatic amines is 1. The smallest absolute Gasteiger partial charge is 0.351 e. The lowest BCUT2D eigenvalue weighted by Crippen LogP contribution is -2.49. The first-order chi connectivity index (χ1) is 17.3. The molecule has 2 saturated heterocycles. The van der Waals surface area contributed by atoms with Crippen molar-refractivity contribution in [2.45, 2.75) is 43.7 Å². The number of hydrogen-bond acceptors (Lipinski definition) is 8. The molecule has 0 aromatic carbocycles. The molecular formula is C21H24F6N8O2. The summed E-state index contributed by atoms with van der Waals surface area (Å²) in [5.41, 5.74) is 2.37. The van der Waals surface area contributed by atoms with Crippen molar-refractivity contribution in [1.82, 2.24) is 25.1 Å². The Kier molecular flexibility index (Phi) is 7.30. The molecule has 0 radical (unpaired) electrons. The molecule has 2 aliphatic heterocycles. The number of anilines is 2. The van der Waals surface area contributed by atoms with E-state index >= 15 is 0 Å². The zero-order chi connectivity index (χ0) is 27.0. The molecule has 0 aliphatic carbocycles. The fraction of sp³-hybridized carbons (Fsp3) is 0.571. The van der Waals surface area contributed by atoms with Crippen molar-refractivity contribution < 1.29 is 31.1 Å². The summed E-state index contributed by atoms with van der Waals surface area (Å²) in [6.45, 7) is 1.51. The Morgan fingerprint density at radius 1 is 1.05 bits per heavy atom. The summed E-state index contributed by atoms with van der Waals surface area (Å²) >= 11 is 0. The van der Waals surface area contributed by atoms with Crippen molar-refractivity contribution in [2.75, 3.05) is 42.5 Å². The van der Waals surface area contributed by atoms with Crippen LogP contribution in [0.5, 0.6) is 0 Å². The number of halogens is 6. The second-order valence-electron chi connectivity index (χ2n) is 8.94. The number of amides is 1. The number of hydrogen-bond donors (Lipinski definition) is 2. The van der Waals surface area contributed by atoms with Gasteiger partial charge in [0.05, 0.1) is 5.56 Å². The van der Waals surface area contributed by atoms with Crippen LogP contribution in [0.4, 0.5) is 38.1 Å². The molecule has 0 spiro atoms. The first kappa shape index (κ1) is 26.6. The lowest BCUT2D eigenvalue weighted by molar-refractivity contribution is -0.139. The second-order valence-corrected chi connectivity index (χ2v) is 8.94. The van der Waals surface area contributed by atoms with E-state index in [9.17, 15) is 35.9 Å². The van der Waals surface area contributed by atoms with Gasteiger partial charge < -0.3 is 20.4 Å². The number of nitrogens with zero attached hydrogens (tertiary/aromatic N) is 6. The van der Waals surface area contributed by atoms with Crippen LogP contribution in [-0.2, 0) is 17.1 Å².